The van der Waals surface area contributed by atoms with Crippen LogP contribution in [0, 0.1) is 0 Å². The first kappa shape index (κ1) is 12.5. The van der Waals surface area contributed by atoms with Crippen LogP contribution in [0.3, 0.4) is 0 Å². The summed E-state index contributed by atoms with van der Waals surface area (Å²) in [4.78, 5) is 0. The summed E-state index contributed by atoms with van der Waals surface area (Å²) in [5.41, 5.74) is 0. The molecular weight excluding hydrogens is 310 g/mol. The number of alkyl halides is 1. The van der Waals surface area contributed by atoms with Gasteiger partial charge >= 0.3 is 0 Å². The molecule has 0 rings (SSSR count). The van der Waals surface area contributed by atoms with Gasteiger partial charge in [0.2, 0.25) is 6.69 Å². The fourth-order valence-electron chi connectivity index (χ4n) is 0.883. The highest BCUT2D eigenvalue weighted by Gasteiger charge is 2.19. The molecule has 0 aliphatic rings. The van der Waals surface area contributed by atoms with Gasteiger partial charge in [-0.15, -0.1) is 22.2 Å². The van der Waals surface area contributed by atoms with Gasteiger partial charge in [-0.2, -0.15) is 0 Å². The van der Waals surface area contributed by atoms with Crippen LogP contribution in [0.2, 0.25) is 12.6 Å². The number of halogens is 3. The normalized spacial score (nSPS) is 12.0. The van der Waals surface area contributed by atoms with Gasteiger partial charge in [-0.25, -0.2) is 0 Å². The molecule has 11 heavy (non-hydrogen) atoms. The molecule has 68 valence electrons. The number of hydrogen-bond donors (Lipinski definition) is 0. The van der Waals surface area contributed by atoms with Gasteiger partial charge in [0.1, 0.15) is 0 Å². The highest BCUT2D eigenvalue weighted by molar-refractivity contribution is 14.1. The van der Waals surface area contributed by atoms with E-state index in [0.29, 0.717) is 0 Å². The van der Waals surface area contributed by atoms with Crippen molar-refractivity contribution < 1.29 is 0 Å². The second-order valence-electron chi connectivity index (χ2n) is 2.92. The minimum Gasteiger partial charge on any atom is -0.146 e. The second kappa shape index (κ2) is 6.98. The van der Waals surface area contributed by atoms with Gasteiger partial charge in [0.15, 0.2) is 0 Å². The molecule has 0 atom stereocenters. The lowest BCUT2D eigenvalue weighted by Gasteiger charge is -2.08. The molecule has 0 aromatic carbocycles. The molecule has 0 fully saturated rings. The third-order valence-electron chi connectivity index (χ3n) is 1.50. The van der Waals surface area contributed by atoms with Crippen LogP contribution in [0.5, 0.6) is 0 Å². The predicted octanol–water partition coefficient (Wildman–Crippen LogP) is 4.53. The minimum atomic E-state index is -1.77. The molecule has 0 saturated heterocycles. The van der Waals surface area contributed by atoms with Crippen LogP contribution >= 0.6 is 44.7 Å². The van der Waals surface area contributed by atoms with E-state index in [0.717, 1.165) is 6.04 Å². The lowest BCUT2D eigenvalue weighted by Crippen LogP contribution is -2.11. The van der Waals surface area contributed by atoms with E-state index in [2.05, 4.69) is 22.6 Å². The SMILES string of the molecule is C[Si](Cl)(Cl)CCCCCCI. The molecule has 0 amide bonds. The van der Waals surface area contributed by atoms with E-state index in [1.54, 1.807) is 0 Å². The van der Waals surface area contributed by atoms with E-state index in [-0.39, 0.29) is 0 Å². The summed E-state index contributed by atoms with van der Waals surface area (Å²) in [5.74, 6) is 0. The number of unbranched alkanes of at least 4 members (excludes halogenated alkanes) is 3. The molecule has 0 aliphatic heterocycles. The minimum absolute atomic E-state index is 1.05. The summed E-state index contributed by atoms with van der Waals surface area (Å²) in [6, 6.07) is 1.05. The van der Waals surface area contributed by atoms with E-state index in [1.165, 1.54) is 30.1 Å². The quantitative estimate of drug-likeness (QED) is 0.221. The lowest BCUT2D eigenvalue weighted by atomic mass is 10.2. The molecule has 0 spiro atoms. The first-order chi connectivity index (χ1) is 5.06. The van der Waals surface area contributed by atoms with Crippen LogP contribution in [0.25, 0.3) is 0 Å². The zero-order valence-electron chi connectivity index (χ0n) is 6.88. The molecule has 4 heteroatoms. The van der Waals surface area contributed by atoms with Gasteiger partial charge in [0.05, 0.1) is 0 Å². The molecule has 0 bridgehead atoms. The van der Waals surface area contributed by atoms with Gasteiger partial charge in [-0.05, 0) is 23.4 Å². The molecular formula is C7H15Cl2ISi. The monoisotopic (exact) mass is 324 g/mol. The third kappa shape index (κ3) is 11.5. The summed E-state index contributed by atoms with van der Waals surface area (Å²) >= 11 is 14.3. The molecule has 0 radical (unpaired) electrons. The number of rotatable bonds is 6. The Labute approximate surface area is 93.6 Å². The van der Waals surface area contributed by atoms with Crippen molar-refractivity contribution in [3.05, 3.63) is 0 Å². The van der Waals surface area contributed by atoms with Crippen LogP contribution in [0.1, 0.15) is 25.7 Å². The largest absolute Gasteiger partial charge is 0.248 e. The van der Waals surface area contributed by atoms with E-state index >= 15 is 0 Å². The first-order valence-corrected chi connectivity index (χ1v) is 10.3. The van der Waals surface area contributed by atoms with Gasteiger partial charge < -0.3 is 0 Å². The zero-order chi connectivity index (χ0) is 8.74. The van der Waals surface area contributed by atoms with Gasteiger partial charge in [-0.1, -0.05) is 41.9 Å². The Morgan fingerprint density at radius 3 is 2.09 bits per heavy atom. The average molecular weight is 325 g/mol. The van der Waals surface area contributed by atoms with Gasteiger partial charge in [0.25, 0.3) is 0 Å². The Hall–Kier alpha value is 1.53. The fraction of sp³-hybridized carbons (Fsp3) is 1.00. The van der Waals surface area contributed by atoms with Crippen LogP contribution in [0.4, 0.5) is 0 Å². The molecule has 0 heterocycles. The Bertz CT molecular complexity index is 92.9. The maximum Gasteiger partial charge on any atom is 0.248 e. The maximum atomic E-state index is 5.95. The summed E-state index contributed by atoms with van der Waals surface area (Å²) in [5, 5.41) is 0. The second-order valence-corrected chi connectivity index (χ2v) is 12.2. The smallest absolute Gasteiger partial charge is 0.146 e. The van der Waals surface area contributed by atoms with Crippen molar-refractivity contribution in [2.45, 2.75) is 38.3 Å². The molecule has 0 unspecified atom stereocenters. The topological polar surface area (TPSA) is 0 Å². The Morgan fingerprint density at radius 2 is 1.64 bits per heavy atom. The van der Waals surface area contributed by atoms with Crippen LogP contribution in [-0.2, 0) is 0 Å². The third-order valence-corrected chi connectivity index (χ3v) is 4.63. The van der Waals surface area contributed by atoms with Crippen molar-refractivity contribution in [2.24, 2.45) is 0 Å². The van der Waals surface area contributed by atoms with Crippen LogP contribution in [-0.4, -0.2) is 11.1 Å². The first-order valence-electron chi connectivity index (χ1n) is 4.00. The Morgan fingerprint density at radius 1 is 1.09 bits per heavy atom. The summed E-state index contributed by atoms with van der Waals surface area (Å²) in [7, 11) is 0. The maximum absolute atomic E-state index is 5.95. The van der Waals surface area contributed by atoms with Crippen molar-refractivity contribution in [3.63, 3.8) is 0 Å². The molecule has 0 aliphatic carbocycles. The average Bonchev–Trinajstić information content (AvgIpc) is 1.85. The van der Waals surface area contributed by atoms with E-state index in [4.69, 9.17) is 22.2 Å². The highest BCUT2D eigenvalue weighted by Crippen LogP contribution is 2.22. The summed E-state index contributed by atoms with van der Waals surface area (Å²) in [6.45, 7) is 0.220. The Balaban J connectivity index is 3.02. The van der Waals surface area contributed by atoms with Crippen molar-refractivity contribution in [1.82, 2.24) is 0 Å². The standard InChI is InChI=1S/C7H15Cl2ISi/c1-11(8,9)7-5-3-2-4-6-10/h2-7H2,1H3. The van der Waals surface area contributed by atoms with E-state index < -0.39 is 6.69 Å². The summed E-state index contributed by atoms with van der Waals surface area (Å²) in [6.07, 6.45) is 5.18. The fourth-order valence-corrected chi connectivity index (χ4v) is 3.10. The number of hydrogen-bond acceptors (Lipinski definition) is 0. The van der Waals surface area contributed by atoms with Crippen LogP contribution in [0.15, 0.2) is 0 Å². The Kier molecular flexibility index (Phi) is 7.95. The zero-order valence-corrected chi connectivity index (χ0v) is 11.5. The van der Waals surface area contributed by atoms with Gasteiger partial charge in [-0.3, -0.25) is 0 Å². The highest BCUT2D eigenvalue weighted by atomic mass is 127. The molecule has 0 aromatic heterocycles. The molecule has 0 aromatic rings. The van der Waals surface area contributed by atoms with Crippen LogP contribution < -0.4 is 0 Å². The van der Waals surface area contributed by atoms with Crippen molar-refractivity contribution in [1.29, 1.82) is 0 Å². The lowest BCUT2D eigenvalue weighted by molar-refractivity contribution is 0.707. The van der Waals surface area contributed by atoms with Crippen molar-refractivity contribution in [2.75, 3.05) is 4.43 Å². The van der Waals surface area contributed by atoms with Gasteiger partial charge in [0, 0.05) is 0 Å². The van der Waals surface area contributed by atoms with Crippen molar-refractivity contribution in [3.8, 4) is 0 Å². The predicted molar refractivity (Wildman–Crippen MR) is 65.5 cm³/mol. The van der Waals surface area contributed by atoms with E-state index in [9.17, 15) is 0 Å². The molecule has 0 nitrogen and oxygen atoms in total. The summed E-state index contributed by atoms with van der Waals surface area (Å²) < 4.78 is 1.27. The van der Waals surface area contributed by atoms with E-state index in [1.807, 2.05) is 6.55 Å². The molecule has 0 N–H and O–H groups in total. The molecule has 0 saturated carbocycles. The van der Waals surface area contributed by atoms with Crippen molar-refractivity contribution >= 4 is 51.4 Å².